The van der Waals surface area contributed by atoms with E-state index < -0.39 is 6.23 Å². The van der Waals surface area contributed by atoms with Gasteiger partial charge < -0.3 is 15.3 Å². The van der Waals surface area contributed by atoms with Crippen molar-refractivity contribution < 1.29 is 5.11 Å². The predicted octanol–water partition coefficient (Wildman–Crippen LogP) is 0.293. The zero-order valence-electron chi connectivity index (χ0n) is 6.87. The monoisotopic (exact) mass is 174 g/mol. The van der Waals surface area contributed by atoms with Gasteiger partial charge >= 0.3 is 0 Å². The number of rotatable bonds is 2. The zero-order valence-corrected chi connectivity index (χ0v) is 7.69. The molecule has 2 N–H and O–H groups in total. The van der Waals surface area contributed by atoms with Crippen LogP contribution < -0.4 is 5.32 Å². The Kier molecular flexibility index (Phi) is 2.67. The third-order valence-electron chi connectivity index (χ3n) is 1.99. The molecule has 1 saturated heterocycles. The number of thiocarbonyl (C=S) groups is 1. The van der Waals surface area contributed by atoms with E-state index in [0.717, 1.165) is 12.8 Å². The summed E-state index contributed by atoms with van der Waals surface area (Å²) < 4.78 is 0. The maximum atomic E-state index is 9.53. The molecule has 11 heavy (non-hydrogen) atoms. The largest absolute Gasteiger partial charge is 0.371 e. The van der Waals surface area contributed by atoms with Crippen LogP contribution >= 0.6 is 12.2 Å². The molecule has 0 spiro atoms. The molecule has 0 aromatic heterocycles. The van der Waals surface area contributed by atoms with Gasteiger partial charge in [0.25, 0.3) is 0 Å². The van der Waals surface area contributed by atoms with Crippen LogP contribution in [0.1, 0.15) is 19.8 Å². The van der Waals surface area contributed by atoms with Crippen LogP contribution in [-0.4, -0.2) is 34.4 Å². The Hall–Kier alpha value is -0.350. The molecule has 1 aliphatic rings. The van der Waals surface area contributed by atoms with Crippen molar-refractivity contribution in [1.29, 1.82) is 0 Å². The highest BCUT2D eigenvalue weighted by Gasteiger charge is 2.31. The van der Waals surface area contributed by atoms with Crippen LogP contribution in [0, 0.1) is 0 Å². The lowest BCUT2D eigenvalue weighted by Crippen LogP contribution is -2.33. The van der Waals surface area contributed by atoms with E-state index in [1.165, 1.54) is 0 Å². The fraction of sp³-hybridized carbons (Fsp3) is 0.857. The number of nitrogens with zero attached hydrogens (tertiary/aromatic N) is 1. The average Bonchev–Trinajstić information content (AvgIpc) is 2.19. The maximum Gasteiger partial charge on any atom is 0.171 e. The molecule has 0 aromatic carbocycles. The van der Waals surface area contributed by atoms with Gasteiger partial charge in [0.15, 0.2) is 5.11 Å². The van der Waals surface area contributed by atoms with Crippen LogP contribution in [0.5, 0.6) is 0 Å². The lowest BCUT2D eigenvalue weighted by Gasteiger charge is -2.17. The lowest BCUT2D eigenvalue weighted by molar-refractivity contribution is 0.0625. The fourth-order valence-electron chi connectivity index (χ4n) is 1.26. The Bertz CT molecular complexity index is 163. The van der Waals surface area contributed by atoms with Crippen LogP contribution in [0.4, 0.5) is 0 Å². The van der Waals surface area contributed by atoms with E-state index in [9.17, 15) is 5.11 Å². The first-order valence-electron chi connectivity index (χ1n) is 3.88. The van der Waals surface area contributed by atoms with Crippen LogP contribution in [0.3, 0.4) is 0 Å². The van der Waals surface area contributed by atoms with Crippen molar-refractivity contribution in [2.24, 2.45) is 0 Å². The van der Waals surface area contributed by atoms with Gasteiger partial charge in [-0.15, -0.1) is 0 Å². The van der Waals surface area contributed by atoms with Crippen molar-refractivity contribution in [1.82, 2.24) is 10.2 Å². The Balaban J connectivity index is 2.52. The first-order chi connectivity index (χ1) is 5.16. The van der Waals surface area contributed by atoms with Gasteiger partial charge in [-0.05, 0) is 18.6 Å². The fourth-order valence-corrected chi connectivity index (χ4v) is 1.52. The number of nitrogens with one attached hydrogen (secondary N) is 1. The Morgan fingerprint density at radius 1 is 1.73 bits per heavy atom. The average molecular weight is 174 g/mol. The Morgan fingerprint density at radius 2 is 2.36 bits per heavy atom. The molecule has 64 valence electrons. The van der Waals surface area contributed by atoms with Gasteiger partial charge in [-0.1, -0.05) is 13.3 Å². The first-order valence-corrected chi connectivity index (χ1v) is 4.29. The van der Waals surface area contributed by atoms with Crippen molar-refractivity contribution in [2.75, 3.05) is 7.05 Å². The molecule has 0 aliphatic carbocycles. The molecule has 0 bridgehead atoms. The molecule has 1 rings (SSSR count). The molecule has 2 unspecified atom stereocenters. The number of hydrogen-bond donors (Lipinski definition) is 2. The summed E-state index contributed by atoms with van der Waals surface area (Å²) in [6, 6.07) is 0.123. The van der Waals surface area contributed by atoms with Crippen molar-refractivity contribution in [3.8, 4) is 0 Å². The van der Waals surface area contributed by atoms with Crippen molar-refractivity contribution in [3.63, 3.8) is 0 Å². The predicted molar refractivity (Wildman–Crippen MR) is 48.2 cm³/mol. The second-order valence-electron chi connectivity index (χ2n) is 2.87. The molecular weight excluding hydrogens is 160 g/mol. The lowest BCUT2D eigenvalue weighted by atomic mass is 10.1. The van der Waals surface area contributed by atoms with E-state index in [0.29, 0.717) is 5.11 Å². The highest BCUT2D eigenvalue weighted by atomic mass is 32.1. The summed E-state index contributed by atoms with van der Waals surface area (Å²) in [4.78, 5) is 1.69. The van der Waals surface area contributed by atoms with Gasteiger partial charge in [-0.25, -0.2) is 0 Å². The summed E-state index contributed by atoms with van der Waals surface area (Å²) in [5, 5.41) is 13.2. The van der Waals surface area contributed by atoms with Crippen LogP contribution in [0.25, 0.3) is 0 Å². The highest BCUT2D eigenvalue weighted by molar-refractivity contribution is 7.80. The zero-order chi connectivity index (χ0) is 8.43. The SMILES string of the molecule is CCCC1NC(=S)N(C)C1O. The van der Waals surface area contributed by atoms with Gasteiger partial charge in [-0.3, -0.25) is 0 Å². The number of aliphatic hydroxyl groups is 1. The van der Waals surface area contributed by atoms with E-state index in [1.54, 1.807) is 11.9 Å². The van der Waals surface area contributed by atoms with Crippen molar-refractivity contribution >= 4 is 17.3 Å². The summed E-state index contributed by atoms with van der Waals surface area (Å²) in [6.07, 6.45) is 1.58. The number of aliphatic hydroxyl groups excluding tert-OH is 1. The van der Waals surface area contributed by atoms with E-state index in [4.69, 9.17) is 12.2 Å². The van der Waals surface area contributed by atoms with E-state index in [1.807, 2.05) is 0 Å². The van der Waals surface area contributed by atoms with Crippen LogP contribution in [0.2, 0.25) is 0 Å². The Labute approximate surface area is 72.4 Å². The Morgan fingerprint density at radius 3 is 2.73 bits per heavy atom. The third-order valence-corrected chi connectivity index (χ3v) is 2.39. The van der Waals surface area contributed by atoms with E-state index in [2.05, 4.69) is 12.2 Å². The molecule has 0 aromatic rings. The normalized spacial score (nSPS) is 30.8. The van der Waals surface area contributed by atoms with Gasteiger partial charge in [0.05, 0.1) is 6.04 Å². The summed E-state index contributed by atoms with van der Waals surface area (Å²) in [5.74, 6) is 0. The molecule has 4 heteroatoms. The maximum absolute atomic E-state index is 9.53. The minimum atomic E-state index is -0.442. The standard InChI is InChI=1S/C7H14N2OS/c1-3-4-5-6(10)9(2)7(11)8-5/h5-6,10H,3-4H2,1-2H3,(H,8,11). The molecule has 2 atom stereocenters. The number of hydrogen-bond acceptors (Lipinski definition) is 2. The molecular formula is C7H14N2OS. The van der Waals surface area contributed by atoms with Crippen LogP contribution in [0.15, 0.2) is 0 Å². The number of likely N-dealkylation sites (N-methyl/N-ethyl adjacent to an activating group) is 1. The summed E-state index contributed by atoms with van der Waals surface area (Å²) in [6.45, 7) is 2.09. The van der Waals surface area contributed by atoms with E-state index >= 15 is 0 Å². The molecule has 1 heterocycles. The minimum absolute atomic E-state index is 0.123. The van der Waals surface area contributed by atoms with Gasteiger partial charge in [0.1, 0.15) is 6.23 Å². The topological polar surface area (TPSA) is 35.5 Å². The second kappa shape index (κ2) is 3.36. The quantitative estimate of drug-likeness (QED) is 0.590. The molecule has 0 saturated carbocycles. The van der Waals surface area contributed by atoms with Crippen molar-refractivity contribution in [3.05, 3.63) is 0 Å². The smallest absolute Gasteiger partial charge is 0.171 e. The minimum Gasteiger partial charge on any atom is -0.371 e. The third kappa shape index (κ3) is 1.62. The van der Waals surface area contributed by atoms with Gasteiger partial charge in [0, 0.05) is 7.05 Å². The molecule has 0 amide bonds. The van der Waals surface area contributed by atoms with Crippen molar-refractivity contribution in [2.45, 2.75) is 32.0 Å². The molecule has 3 nitrogen and oxygen atoms in total. The molecule has 1 fully saturated rings. The summed E-state index contributed by atoms with van der Waals surface area (Å²) in [5.41, 5.74) is 0. The second-order valence-corrected chi connectivity index (χ2v) is 3.26. The highest BCUT2D eigenvalue weighted by Crippen LogP contribution is 2.12. The summed E-state index contributed by atoms with van der Waals surface area (Å²) >= 11 is 4.96. The van der Waals surface area contributed by atoms with Gasteiger partial charge in [-0.2, -0.15) is 0 Å². The van der Waals surface area contributed by atoms with E-state index in [-0.39, 0.29) is 6.04 Å². The van der Waals surface area contributed by atoms with Gasteiger partial charge in [0.2, 0.25) is 0 Å². The first kappa shape index (κ1) is 8.74. The molecule has 0 radical (unpaired) electrons. The molecule has 1 aliphatic heterocycles. The summed E-state index contributed by atoms with van der Waals surface area (Å²) in [7, 11) is 1.80. The van der Waals surface area contributed by atoms with Crippen LogP contribution in [-0.2, 0) is 0 Å².